The standard InChI is InChI=1S/C9H10F3NO3/c1-5-7(16-9(10,11)12)3-6(4-14)8(13-5)15-2/h3,14H,4H2,1-2H3. The SMILES string of the molecule is COc1nc(C)c(OC(F)(F)F)cc1CO. The van der Waals surface area contributed by atoms with Crippen molar-refractivity contribution in [3.63, 3.8) is 0 Å². The fraction of sp³-hybridized carbons (Fsp3) is 0.444. The van der Waals surface area contributed by atoms with E-state index in [2.05, 4.69) is 9.72 Å². The largest absolute Gasteiger partial charge is 0.573 e. The van der Waals surface area contributed by atoms with Gasteiger partial charge >= 0.3 is 6.36 Å². The van der Waals surface area contributed by atoms with Gasteiger partial charge in [0.25, 0.3) is 0 Å². The number of halogens is 3. The van der Waals surface area contributed by atoms with Crippen molar-refractivity contribution in [1.29, 1.82) is 0 Å². The number of aromatic nitrogens is 1. The van der Waals surface area contributed by atoms with Crippen molar-refractivity contribution in [3.8, 4) is 11.6 Å². The van der Waals surface area contributed by atoms with Gasteiger partial charge in [-0.25, -0.2) is 4.98 Å². The summed E-state index contributed by atoms with van der Waals surface area (Å²) in [6.07, 6.45) is -4.78. The predicted molar refractivity (Wildman–Crippen MR) is 48.1 cm³/mol. The van der Waals surface area contributed by atoms with Crippen molar-refractivity contribution in [3.05, 3.63) is 17.3 Å². The van der Waals surface area contributed by atoms with Crippen LogP contribution in [0.25, 0.3) is 0 Å². The van der Waals surface area contributed by atoms with Crippen LogP contribution >= 0.6 is 0 Å². The van der Waals surface area contributed by atoms with Crippen molar-refractivity contribution >= 4 is 0 Å². The summed E-state index contributed by atoms with van der Waals surface area (Å²) in [5, 5.41) is 8.91. The molecule has 0 amide bonds. The first-order valence-electron chi connectivity index (χ1n) is 4.28. The number of pyridine rings is 1. The molecule has 1 heterocycles. The van der Waals surface area contributed by atoms with E-state index in [4.69, 9.17) is 9.84 Å². The van der Waals surface area contributed by atoms with Crippen LogP contribution in [0.4, 0.5) is 13.2 Å². The molecule has 1 aromatic rings. The summed E-state index contributed by atoms with van der Waals surface area (Å²) in [5.74, 6) is -0.369. The summed E-state index contributed by atoms with van der Waals surface area (Å²) in [6.45, 7) is 0.870. The number of alkyl halides is 3. The van der Waals surface area contributed by atoms with Crippen LogP contribution in [-0.2, 0) is 6.61 Å². The minimum atomic E-state index is -4.78. The number of hydrogen-bond acceptors (Lipinski definition) is 4. The maximum atomic E-state index is 12.0. The second kappa shape index (κ2) is 4.56. The first-order valence-corrected chi connectivity index (χ1v) is 4.28. The molecule has 0 atom stereocenters. The van der Waals surface area contributed by atoms with Gasteiger partial charge in [0.2, 0.25) is 5.88 Å². The Hall–Kier alpha value is -1.50. The average molecular weight is 237 g/mol. The Morgan fingerprint density at radius 2 is 2.06 bits per heavy atom. The molecule has 0 unspecified atom stereocenters. The number of rotatable bonds is 3. The van der Waals surface area contributed by atoms with Crippen LogP contribution in [-0.4, -0.2) is 23.6 Å². The Bertz CT molecular complexity index is 379. The molecule has 1 N–H and O–H groups in total. The van der Waals surface area contributed by atoms with Crippen LogP contribution in [0.15, 0.2) is 6.07 Å². The highest BCUT2D eigenvalue weighted by atomic mass is 19.4. The summed E-state index contributed by atoms with van der Waals surface area (Å²) >= 11 is 0. The topological polar surface area (TPSA) is 51.6 Å². The molecule has 7 heteroatoms. The molecule has 16 heavy (non-hydrogen) atoms. The molecule has 0 saturated heterocycles. The van der Waals surface area contributed by atoms with Crippen molar-refractivity contribution in [2.75, 3.05) is 7.11 Å². The summed E-state index contributed by atoms with van der Waals surface area (Å²) in [7, 11) is 1.31. The summed E-state index contributed by atoms with van der Waals surface area (Å²) < 4.78 is 44.5. The maximum Gasteiger partial charge on any atom is 0.573 e. The highest BCUT2D eigenvalue weighted by Crippen LogP contribution is 2.29. The van der Waals surface area contributed by atoms with E-state index >= 15 is 0 Å². The van der Waals surface area contributed by atoms with E-state index in [0.29, 0.717) is 0 Å². The molecular formula is C9H10F3NO3. The van der Waals surface area contributed by atoms with Gasteiger partial charge in [-0.3, -0.25) is 0 Å². The maximum absolute atomic E-state index is 12.0. The minimum absolute atomic E-state index is 0.0337. The summed E-state index contributed by atoms with van der Waals surface area (Å²) in [6, 6.07) is 1.05. The Morgan fingerprint density at radius 1 is 1.44 bits per heavy atom. The molecule has 0 aromatic carbocycles. The van der Waals surface area contributed by atoms with E-state index in [1.54, 1.807) is 0 Å². The lowest BCUT2D eigenvalue weighted by atomic mass is 10.2. The Labute approximate surface area is 89.6 Å². The molecule has 0 bridgehead atoms. The van der Waals surface area contributed by atoms with Gasteiger partial charge in [-0.15, -0.1) is 13.2 Å². The molecule has 4 nitrogen and oxygen atoms in total. The number of aliphatic hydroxyl groups excluding tert-OH is 1. The quantitative estimate of drug-likeness (QED) is 0.870. The van der Waals surface area contributed by atoms with Crippen molar-refractivity contribution in [1.82, 2.24) is 4.98 Å². The van der Waals surface area contributed by atoms with Gasteiger partial charge in [0, 0.05) is 5.56 Å². The van der Waals surface area contributed by atoms with Crippen LogP contribution in [0.1, 0.15) is 11.3 Å². The molecule has 0 aliphatic heterocycles. The van der Waals surface area contributed by atoms with Gasteiger partial charge in [0.05, 0.1) is 19.4 Å². The van der Waals surface area contributed by atoms with Crippen molar-refractivity contribution in [2.45, 2.75) is 19.9 Å². The monoisotopic (exact) mass is 237 g/mol. The lowest BCUT2D eigenvalue weighted by molar-refractivity contribution is -0.275. The number of aryl methyl sites for hydroxylation is 1. The first kappa shape index (κ1) is 12.6. The molecule has 90 valence electrons. The normalized spacial score (nSPS) is 11.4. The number of aliphatic hydroxyl groups is 1. The molecule has 1 aromatic heterocycles. The number of ether oxygens (including phenoxy) is 2. The summed E-state index contributed by atoms with van der Waals surface area (Å²) in [5.41, 5.74) is 0.165. The van der Waals surface area contributed by atoms with E-state index in [9.17, 15) is 13.2 Å². The van der Waals surface area contributed by atoms with E-state index in [0.717, 1.165) is 6.07 Å². The van der Waals surface area contributed by atoms with Gasteiger partial charge in [-0.05, 0) is 13.0 Å². The molecule has 1 rings (SSSR count). The molecule has 0 aliphatic carbocycles. The number of methoxy groups -OCH3 is 1. The zero-order valence-electron chi connectivity index (χ0n) is 8.63. The third kappa shape index (κ3) is 2.99. The second-order valence-corrected chi connectivity index (χ2v) is 2.95. The number of hydrogen-bond donors (Lipinski definition) is 1. The fourth-order valence-electron chi connectivity index (χ4n) is 1.12. The summed E-state index contributed by atoms with van der Waals surface area (Å²) in [4.78, 5) is 3.74. The fourth-order valence-corrected chi connectivity index (χ4v) is 1.12. The van der Waals surface area contributed by atoms with Crippen LogP contribution in [0.2, 0.25) is 0 Å². The molecule has 0 aliphatic rings. The van der Waals surface area contributed by atoms with Crippen LogP contribution in [0.3, 0.4) is 0 Å². The van der Waals surface area contributed by atoms with Gasteiger partial charge in [0.15, 0.2) is 5.75 Å². The molecular weight excluding hydrogens is 227 g/mol. The Morgan fingerprint density at radius 3 is 2.50 bits per heavy atom. The van der Waals surface area contributed by atoms with Crippen LogP contribution in [0, 0.1) is 6.92 Å². The van der Waals surface area contributed by atoms with Crippen molar-refractivity contribution < 1.29 is 27.8 Å². The minimum Gasteiger partial charge on any atom is -0.481 e. The molecule has 0 radical (unpaired) electrons. The lowest BCUT2D eigenvalue weighted by Crippen LogP contribution is -2.18. The Kier molecular flexibility index (Phi) is 3.58. The highest BCUT2D eigenvalue weighted by Gasteiger charge is 2.32. The third-order valence-electron chi connectivity index (χ3n) is 1.80. The lowest BCUT2D eigenvalue weighted by Gasteiger charge is -2.13. The van der Waals surface area contributed by atoms with Gasteiger partial charge in [-0.1, -0.05) is 0 Å². The average Bonchev–Trinajstić information content (AvgIpc) is 2.18. The predicted octanol–water partition coefficient (Wildman–Crippen LogP) is 1.79. The van der Waals surface area contributed by atoms with Crippen molar-refractivity contribution in [2.24, 2.45) is 0 Å². The second-order valence-electron chi connectivity index (χ2n) is 2.95. The van der Waals surface area contributed by atoms with E-state index < -0.39 is 18.7 Å². The van der Waals surface area contributed by atoms with E-state index in [1.807, 2.05) is 0 Å². The van der Waals surface area contributed by atoms with Gasteiger partial charge < -0.3 is 14.6 Å². The van der Waals surface area contributed by atoms with Crippen LogP contribution in [0.5, 0.6) is 11.6 Å². The van der Waals surface area contributed by atoms with E-state index in [-0.39, 0.29) is 17.1 Å². The van der Waals surface area contributed by atoms with E-state index in [1.165, 1.54) is 14.0 Å². The molecule has 0 spiro atoms. The zero-order chi connectivity index (χ0) is 12.3. The zero-order valence-corrected chi connectivity index (χ0v) is 8.63. The Balaban J connectivity index is 3.11. The highest BCUT2D eigenvalue weighted by molar-refractivity contribution is 5.38. The van der Waals surface area contributed by atoms with Gasteiger partial charge in [-0.2, -0.15) is 0 Å². The first-order chi connectivity index (χ1) is 7.37. The molecule has 0 fully saturated rings. The smallest absolute Gasteiger partial charge is 0.481 e. The van der Waals surface area contributed by atoms with Gasteiger partial charge in [0.1, 0.15) is 0 Å². The molecule has 0 saturated carbocycles. The number of nitrogens with zero attached hydrogens (tertiary/aromatic N) is 1. The van der Waals surface area contributed by atoms with Crippen LogP contribution < -0.4 is 9.47 Å². The third-order valence-corrected chi connectivity index (χ3v) is 1.80.